The summed E-state index contributed by atoms with van der Waals surface area (Å²) in [5.41, 5.74) is -0.189. The first-order valence-corrected chi connectivity index (χ1v) is 7.69. The van der Waals surface area contributed by atoms with Crippen LogP contribution in [0.15, 0.2) is 0 Å². The second-order valence-corrected chi connectivity index (χ2v) is 6.00. The first kappa shape index (κ1) is 17.4. The molecule has 1 unspecified atom stereocenters. The van der Waals surface area contributed by atoms with E-state index in [-0.39, 0.29) is 5.41 Å². The second kappa shape index (κ2) is 8.60. The Kier molecular flexibility index (Phi) is 7.48. The van der Waals surface area contributed by atoms with E-state index in [1.807, 2.05) is 4.90 Å². The van der Waals surface area contributed by atoms with E-state index in [0.29, 0.717) is 19.1 Å². The predicted octanol–water partition coefficient (Wildman–Crippen LogP) is 0.803. The van der Waals surface area contributed by atoms with Gasteiger partial charge in [0.15, 0.2) is 0 Å². The molecule has 1 atom stereocenters. The highest BCUT2D eigenvalue weighted by molar-refractivity contribution is 5.83. The number of hydrogen-bond acceptors (Lipinski definition) is 4. The molecular formula is C15H31N3O2. The molecule has 5 nitrogen and oxygen atoms in total. The van der Waals surface area contributed by atoms with Crippen LogP contribution < -0.4 is 5.32 Å². The largest absolute Gasteiger partial charge is 0.383 e. The van der Waals surface area contributed by atoms with Crippen molar-refractivity contribution >= 4 is 5.91 Å². The molecule has 0 aromatic heterocycles. The monoisotopic (exact) mass is 285 g/mol. The molecule has 0 aromatic rings. The van der Waals surface area contributed by atoms with E-state index in [1.54, 1.807) is 7.11 Å². The van der Waals surface area contributed by atoms with E-state index < -0.39 is 0 Å². The fourth-order valence-electron chi connectivity index (χ4n) is 2.81. The first-order chi connectivity index (χ1) is 9.55. The Morgan fingerprint density at radius 2 is 2.05 bits per heavy atom. The minimum absolute atomic E-state index is 0.189. The van der Waals surface area contributed by atoms with Crippen LogP contribution in [0.4, 0.5) is 0 Å². The lowest BCUT2D eigenvalue weighted by molar-refractivity contribution is -0.142. The molecule has 1 saturated heterocycles. The average Bonchev–Trinajstić information content (AvgIpc) is 2.91. The average molecular weight is 285 g/mol. The lowest BCUT2D eigenvalue weighted by Gasteiger charge is -2.33. The first-order valence-electron chi connectivity index (χ1n) is 7.69. The van der Waals surface area contributed by atoms with Gasteiger partial charge in [-0.1, -0.05) is 6.92 Å². The van der Waals surface area contributed by atoms with Crippen molar-refractivity contribution in [3.63, 3.8) is 0 Å². The number of carbonyl (C=O) groups is 1. The summed E-state index contributed by atoms with van der Waals surface area (Å²) in [6, 6.07) is 0. The summed E-state index contributed by atoms with van der Waals surface area (Å²) in [7, 11) is 5.82. The number of hydrogen-bond donors (Lipinski definition) is 1. The summed E-state index contributed by atoms with van der Waals surface area (Å²) >= 11 is 0. The van der Waals surface area contributed by atoms with Gasteiger partial charge in [0, 0.05) is 26.7 Å². The third-order valence-electron chi connectivity index (χ3n) is 4.26. The Bertz CT molecular complexity index is 289. The molecule has 1 N–H and O–H groups in total. The Morgan fingerprint density at radius 1 is 1.30 bits per heavy atom. The number of carbonyl (C=O) groups excluding carboxylic acids is 1. The Labute approximate surface area is 123 Å². The highest BCUT2D eigenvalue weighted by Crippen LogP contribution is 2.31. The molecule has 1 aliphatic rings. The molecule has 1 rings (SSSR count). The Hall–Kier alpha value is -0.650. The van der Waals surface area contributed by atoms with Crippen LogP contribution in [0.5, 0.6) is 0 Å². The lowest BCUT2D eigenvalue weighted by Crippen LogP contribution is -2.47. The van der Waals surface area contributed by atoms with E-state index in [9.17, 15) is 4.79 Å². The summed E-state index contributed by atoms with van der Waals surface area (Å²) < 4.78 is 5.16. The molecule has 1 fully saturated rings. The lowest BCUT2D eigenvalue weighted by atomic mass is 9.82. The van der Waals surface area contributed by atoms with Gasteiger partial charge in [0.25, 0.3) is 0 Å². The van der Waals surface area contributed by atoms with Crippen molar-refractivity contribution in [3.8, 4) is 0 Å². The second-order valence-electron chi connectivity index (χ2n) is 6.00. The molecule has 0 aliphatic carbocycles. The summed E-state index contributed by atoms with van der Waals surface area (Å²) in [5.74, 6) is 0.306. The fourth-order valence-corrected chi connectivity index (χ4v) is 2.81. The number of ether oxygens (including phenoxy) is 1. The van der Waals surface area contributed by atoms with Gasteiger partial charge in [-0.2, -0.15) is 0 Å². The van der Waals surface area contributed by atoms with Crippen molar-refractivity contribution in [3.05, 3.63) is 0 Å². The van der Waals surface area contributed by atoms with Gasteiger partial charge in [0.2, 0.25) is 5.91 Å². The number of nitrogens with zero attached hydrogens (tertiary/aromatic N) is 2. The van der Waals surface area contributed by atoms with Crippen LogP contribution in [0.2, 0.25) is 0 Å². The molecule has 0 bridgehead atoms. The van der Waals surface area contributed by atoms with Gasteiger partial charge >= 0.3 is 0 Å². The van der Waals surface area contributed by atoms with Gasteiger partial charge in [0.05, 0.1) is 12.0 Å². The summed E-state index contributed by atoms with van der Waals surface area (Å²) in [6.07, 6.45) is 2.88. The summed E-state index contributed by atoms with van der Waals surface area (Å²) in [5, 5.41) is 3.34. The van der Waals surface area contributed by atoms with Crippen LogP contribution in [0.3, 0.4) is 0 Å². The van der Waals surface area contributed by atoms with Crippen molar-refractivity contribution in [1.82, 2.24) is 15.1 Å². The molecule has 0 aromatic carbocycles. The Balaban J connectivity index is 2.62. The maximum Gasteiger partial charge on any atom is 0.230 e. The topological polar surface area (TPSA) is 44.8 Å². The van der Waals surface area contributed by atoms with Gasteiger partial charge in [-0.15, -0.1) is 0 Å². The van der Waals surface area contributed by atoms with Crippen LogP contribution in [0.25, 0.3) is 0 Å². The molecule has 0 saturated carbocycles. The van der Waals surface area contributed by atoms with E-state index in [1.165, 1.54) is 0 Å². The van der Waals surface area contributed by atoms with Crippen LogP contribution in [-0.2, 0) is 9.53 Å². The SMILES string of the molecule is CCC1(C(=O)N(CCCN(C)C)CCOC)CCNC1. The van der Waals surface area contributed by atoms with Gasteiger partial charge in [0.1, 0.15) is 0 Å². The molecule has 20 heavy (non-hydrogen) atoms. The molecule has 0 spiro atoms. The maximum absolute atomic E-state index is 12.9. The zero-order valence-electron chi connectivity index (χ0n) is 13.6. The van der Waals surface area contributed by atoms with Crippen LogP contribution in [0, 0.1) is 5.41 Å². The minimum atomic E-state index is -0.189. The van der Waals surface area contributed by atoms with E-state index in [0.717, 1.165) is 45.4 Å². The molecular weight excluding hydrogens is 254 g/mol. The van der Waals surface area contributed by atoms with Crippen molar-refractivity contribution < 1.29 is 9.53 Å². The quantitative estimate of drug-likeness (QED) is 0.681. The van der Waals surface area contributed by atoms with Gasteiger partial charge < -0.3 is 19.9 Å². The van der Waals surface area contributed by atoms with Crippen LogP contribution in [-0.4, -0.2) is 76.2 Å². The highest BCUT2D eigenvalue weighted by atomic mass is 16.5. The summed E-state index contributed by atoms with van der Waals surface area (Å²) in [4.78, 5) is 17.1. The summed E-state index contributed by atoms with van der Waals surface area (Å²) in [6.45, 7) is 7.04. The number of methoxy groups -OCH3 is 1. The molecule has 118 valence electrons. The van der Waals surface area contributed by atoms with Gasteiger partial charge in [-0.05, 0) is 46.4 Å². The maximum atomic E-state index is 12.9. The van der Waals surface area contributed by atoms with E-state index in [2.05, 4.69) is 31.2 Å². The van der Waals surface area contributed by atoms with Crippen LogP contribution in [0.1, 0.15) is 26.2 Å². The van der Waals surface area contributed by atoms with Crippen molar-refractivity contribution in [2.45, 2.75) is 26.2 Å². The molecule has 0 radical (unpaired) electrons. The number of amides is 1. The Morgan fingerprint density at radius 3 is 2.55 bits per heavy atom. The van der Waals surface area contributed by atoms with E-state index >= 15 is 0 Å². The third kappa shape index (κ3) is 4.72. The molecule has 1 heterocycles. The third-order valence-corrected chi connectivity index (χ3v) is 4.26. The minimum Gasteiger partial charge on any atom is -0.383 e. The normalized spacial score (nSPS) is 22.4. The zero-order chi connectivity index (χ0) is 15.0. The highest BCUT2D eigenvalue weighted by Gasteiger charge is 2.41. The van der Waals surface area contributed by atoms with Crippen molar-refractivity contribution in [2.24, 2.45) is 5.41 Å². The number of rotatable bonds is 9. The standard InChI is InChI=1S/C15H31N3O2/c1-5-15(7-8-16-13-15)14(19)18(11-12-20-4)10-6-9-17(2)3/h16H,5-13H2,1-4H3. The smallest absolute Gasteiger partial charge is 0.230 e. The molecule has 5 heteroatoms. The van der Waals surface area contributed by atoms with Crippen molar-refractivity contribution in [1.29, 1.82) is 0 Å². The fraction of sp³-hybridized carbons (Fsp3) is 0.933. The van der Waals surface area contributed by atoms with Gasteiger partial charge in [-0.25, -0.2) is 0 Å². The van der Waals surface area contributed by atoms with E-state index in [4.69, 9.17) is 4.74 Å². The predicted molar refractivity (Wildman–Crippen MR) is 81.8 cm³/mol. The zero-order valence-corrected chi connectivity index (χ0v) is 13.6. The molecule has 1 aliphatic heterocycles. The molecule has 1 amide bonds. The van der Waals surface area contributed by atoms with Gasteiger partial charge in [-0.3, -0.25) is 4.79 Å². The van der Waals surface area contributed by atoms with Crippen molar-refractivity contribution in [2.75, 3.05) is 60.5 Å². The van der Waals surface area contributed by atoms with Crippen LogP contribution >= 0.6 is 0 Å². The number of nitrogens with one attached hydrogen (secondary N) is 1.